The molecule has 1 aliphatic heterocycles. The van der Waals surface area contributed by atoms with E-state index in [1.807, 2.05) is 0 Å². The molecule has 1 saturated heterocycles. The summed E-state index contributed by atoms with van der Waals surface area (Å²) in [5.41, 5.74) is 0. The molecular formula is C14H20O10. The van der Waals surface area contributed by atoms with Crippen LogP contribution >= 0.6 is 0 Å². The lowest BCUT2D eigenvalue weighted by Gasteiger charge is -2.42. The minimum absolute atomic E-state index is 0.366. The molecule has 0 spiro atoms. The van der Waals surface area contributed by atoms with Gasteiger partial charge in [-0.15, -0.1) is 0 Å². The Kier molecular flexibility index (Phi) is 7.11. The molecule has 24 heavy (non-hydrogen) atoms. The van der Waals surface area contributed by atoms with Gasteiger partial charge in [-0.1, -0.05) is 0 Å². The van der Waals surface area contributed by atoms with Crippen LogP contribution in [0.15, 0.2) is 0 Å². The molecule has 0 amide bonds. The van der Waals surface area contributed by atoms with Crippen LogP contribution in [0.5, 0.6) is 0 Å². The molecule has 136 valence electrons. The van der Waals surface area contributed by atoms with Crippen molar-refractivity contribution in [3.05, 3.63) is 0 Å². The number of carbonyl (C=O) groups excluding carboxylic acids is 4. The van der Waals surface area contributed by atoms with E-state index in [0.29, 0.717) is 0 Å². The lowest BCUT2D eigenvalue weighted by atomic mass is 9.98. The smallest absolute Gasteiger partial charge is 0.305 e. The molecular weight excluding hydrogens is 328 g/mol. The number of esters is 4. The van der Waals surface area contributed by atoms with Crippen molar-refractivity contribution in [3.8, 4) is 0 Å². The molecule has 0 aliphatic carbocycles. The van der Waals surface area contributed by atoms with Gasteiger partial charge in [0.25, 0.3) is 0 Å². The van der Waals surface area contributed by atoms with E-state index < -0.39 is 54.6 Å². The molecule has 0 aromatic carbocycles. The number of hydrogen-bond acceptors (Lipinski definition) is 10. The quantitative estimate of drug-likeness (QED) is 0.490. The van der Waals surface area contributed by atoms with Gasteiger partial charge >= 0.3 is 23.9 Å². The molecule has 2 unspecified atom stereocenters. The first-order chi connectivity index (χ1) is 11.1. The zero-order chi connectivity index (χ0) is 18.4. The second kappa shape index (κ2) is 8.60. The zero-order valence-corrected chi connectivity index (χ0v) is 13.7. The highest BCUT2D eigenvalue weighted by Crippen LogP contribution is 2.27. The second-order valence-electron chi connectivity index (χ2n) is 5.09. The number of aliphatic hydroxyl groups excluding tert-OH is 1. The van der Waals surface area contributed by atoms with Crippen molar-refractivity contribution in [2.24, 2.45) is 0 Å². The van der Waals surface area contributed by atoms with Gasteiger partial charge in [0.2, 0.25) is 6.29 Å². The van der Waals surface area contributed by atoms with E-state index in [9.17, 15) is 24.3 Å². The first-order valence-electron chi connectivity index (χ1n) is 7.10. The second-order valence-corrected chi connectivity index (χ2v) is 5.09. The third-order valence-corrected chi connectivity index (χ3v) is 2.95. The fourth-order valence-corrected chi connectivity index (χ4v) is 2.14. The zero-order valence-electron chi connectivity index (χ0n) is 13.7. The van der Waals surface area contributed by atoms with Crippen LogP contribution in [0, 0.1) is 0 Å². The standard InChI is InChI=1S/C14H20O10/c1-6(15)20-5-10-12(21-7(2)16)11(19)13(22-8(3)17)14(24-10)23-9(4)18/h10-14,19H,5H2,1-4H3/t10?,11-,12-,13?,14+/m0/s1. The molecule has 0 saturated carbocycles. The van der Waals surface area contributed by atoms with Crippen molar-refractivity contribution < 1.29 is 48.0 Å². The third-order valence-electron chi connectivity index (χ3n) is 2.95. The van der Waals surface area contributed by atoms with Crippen molar-refractivity contribution in [1.29, 1.82) is 0 Å². The average Bonchev–Trinajstić information content (AvgIpc) is 2.42. The molecule has 10 nitrogen and oxygen atoms in total. The lowest BCUT2D eigenvalue weighted by molar-refractivity contribution is -0.298. The van der Waals surface area contributed by atoms with Gasteiger partial charge in [0.1, 0.15) is 18.8 Å². The van der Waals surface area contributed by atoms with Crippen molar-refractivity contribution in [2.45, 2.75) is 58.4 Å². The molecule has 0 bridgehead atoms. The minimum atomic E-state index is -1.56. The number of rotatable bonds is 5. The topological polar surface area (TPSA) is 135 Å². The maximum Gasteiger partial charge on any atom is 0.305 e. The maximum absolute atomic E-state index is 11.2. The molecule has 5 atom stereocenters. The third kappa shape index (κ3) is 5.78. The molecule has 0 aromatic rings. The van der Waals surface area contributed by atoms with Gasteiger partial charge in [0.05, 0.1) is 0 Å². The van der Waals surface area contributed by atoms with Crippen molar-refractivity contribution >= 4 is 23.9 Å². The van der Waals surface area contributed by atoms with Gasteiger partial charge in [-0.2, -0.15) is 0 Å². The molecule has 1 N–H and O–H groups in total. The molecule has 10 heteroatoms. The Morgan fingerprint density at radius 3 is 1.79 bits per heavy atom. The van der Waals surface area contributed by atoms with Gasteiger partial charge in [0.15, 0.2) is 12.2 Å². The predicted octanol–water partition coefficient (Wildman–Crippen LogP) is -0.938. The van der Waals surface area contributed by atoms with Gasteiger partial charge < -0.3 is 28.8 Å². The Morgan fingerprint density at radius 2 is 1.33 bits per heavy atom. The van der Waals surface area contributed by atoms with Crippen LogP contribution in [-0.4, -0.2) is 66.3 Å². The Hall–Kier alpha value is -2.20. The van der Waals surface area contributed by atoms with E-state index in [1.165, 1.54) is 0 Å². The van der Waals surface area contributed by atoms with Crippen LogP contribution in [0.2, 0.25) is 0 Å². The summed E-state index contributed by atoms with van der Waals surface area (Å²) in [5, 5.41) is 10.4. The highest BCUT2D eigenvalue weighted by molar-refractivity contribution is 5.68. The van der Waals surface area contributed by atoms with E-state index in [0.717, 1.165) is 27.7 Å². The van der Waals surface area contributed by atoms with Crippen LogP contribution in [0.3, 0.4) is 0 Å². The Bertz CT molecular complexity index is 500. The molecule has 1 heterocycles. The summed E-state index contributed by atoms with van der Waals surface area (Å²) < 4.78 is 25.0. The van der Waals surface area contributed by atoms with Crippen molar-refractivity contribution in [3.63, 3.8) is 0 Å². The normalized spacial score (nSPS) is 29.3. The largest absolute Gasteiger partial charge is 0.463 e. The summed E-state index contributed by atoms with van der Waals surface area (Å²) in [7, 11) is 0. The van der Waals surface area contributed by atoms with Gasteiger partial charge in [-0.3, -0.25) is 19.2 Å². The first-order valence-corrected chi connectivity index (χ1v) is 7.10. The average molecular weight is 348 g/mol. The first kappa shape index (κ1) is 19.8. The summed E-state index contributed by atoms with van der Waals surface area (Å²) in [6.07, 6.45) is -6.84. The number of aliphatic hydroxyl groups is 1. The Morgan fingerprint density at radius 1 is 0.833 bits per heavy atom. The van der Waals surface area contributed by atoms with Gasteiger partial charge in [-0.05, 0) is 0 Å². The molecule has 1 aliphatic rings. The highest BCUT2D eigenvalue weighted by atomic mass is 16.7. The molecule has 1 fully saturated rings. The monoisotopic (exact) mass is 348 g/mol. The van der Waals surface area contributed by atoms with E-state index in [2.05, 4.69) is 0 Å². The van der Waals surface area contributed by atoms with Crippen LogP contribution in [0.1, 0.15) is 27.7 Å². The number of carbonyl (C=O) groups is 4. The summed E-state index contributed by atoms with van der Waals surface area (Å²) in [6, 6.07) is 0. The molecule has 0 radical (unpaired) electrons. The van der Waals surface area contributed by atoms with Crippen LogP contribution in [-0.2, 0) is 42.9 Å². The molecule has 0 aromatic heterocycles. The van der Waals surface area contributed by atoms with Crippen LogP contribution in [0.25, 0.3) is 0 Å². The number of hydrogen-bond donors (Lipinski definition) is 1. The minimum Gasteiger partial charge on any atom is -0.463 e. The summed E-state index contributed by atoms with van der Waals surface area (Å²) >= 11 is 0. The van der Waals surface area contributed by atoms with E-state index in [-0.39, 0.29) is 6.61 Å². The van der Waals surface area contributed by atoms with Crippen molar-refractivity contribution in [2.75, 3.05) is 6.61 Å². The predicted molar refractivity (Wildman–Crippen MR) is 74.2 cm³/mol. The van der Waals surface area contributed by atoms with Crippen LogP contribution < -0.4 is 0 Å². The summed E-state index contributed by atoms with van der Waals surface area (Å²) in [5.74, 6) is -2.87. The number of ether oxygens (including phenoxy) is 5. The fourth-order valence-electron chi connectivity index (χ4n) is 2.14. The molecule has 1 rings (SSSR count). The van der Waals surface area contributed by atoms with Crippen LogP contribution in [0.4, 0.5) is 0 Å². The SMILES string of the molecule is CC(=O)OCC1O[C@@H](OC(C)=O)C(OC(C)=O)[C@@H](O)[C@H]1OC(C)=O. The van der Waals surface area contributed by atoms with E-state index in [4.69, 9.17) is 23.7 Å². The van der Waals surface area contributed by atoms with Crippen molar-refractivity contribution in [1.82, 2.24) is 0 Å². The lowest BCUT2D eigenvalue weighted by Crippen LogP contribution is -2.62. The van der Waals surface area contributed by atoms with E-state index in [1.54, 1.807) is 0 Å². The van der Waals surface area contributed by atoms with E-state index >= 15 is 0 Å². The van der Waals surface area contributed by atoms with Gasteiger partial charge in [-0.25, -0.2) is 0 Å². The highest BCUT2D eigenvalue weighted by Gasteiger charge is 2.50. The summed E-state index contributed by atoms with van der Waals surface area (Å²) in [4.78, 5) is 44.6. The maximum atomic E-state index is 11.2. The Labute approximate surface area is 137 Å². The summed E-state index contributed by atoms with van der Waals surface area (Å²) in [6.45, 7) is 4.08. The Balaban J connectivity index is 3.04. The van der Waals surface area contributed by atoms with Gasteiger partial charge in [0, 0.05) is 27.7 Å². The fraction of sp³-hybridized carbons (Fsp3) is 0.714.